The summed E-state index contributed by atoms with van der Waals surface area (Å²) in [5, 5.41) is 12.7. The minimum absolute atomic E-state index is 0.129. The molecule has 0 aliphatic carbocycles. The largest absolute Gasteiger partial charge is 0.388 e. The van der Waals surface area contributed by atoms with Gasteiger partial charge in [0.25, 0.3) is 0 Å². The first-order chi connectivity index (χ1) is 7.58. The molecule has 1 rings (SSSR count). The SMILES string of the molecule is CCN(CC)C[C@@H]1OC[C@H](NC(C)=O)[C@H]1O. The van der Waals surface area contributed by atoms with Crippen molar-refractivity contribution in [3.05, 3.63) is 0 Å². The summed E-state index contributed by atoms with van der Waals surface area (Å²) in [4.78, 5) is 13.1. The van der Waals surface area contributed by atoms with Gasteiger partial charge in [-0.05, 0) is 13.1 Å². The number of hydrogen-bond acceptors (Lipinski definition) is 4. The zero-order chi connectivity index (χ0) is 12.1. The Morgan fingerprint density at radius 2 is 2.12 bits per heavy atom. The van der Waals surface area contributed by atoms with Crippen molar-refractivity contribution in [3.8, 4) is 0 Å². The second kappa shape index (κ2) is 6.18. The lowest BCUT2D eigenvalue weighted by Gasteiger charge is -2.24. The molecule has 1 amide bonds. The predicted molar refractivity (Wildman–Crippen MR) is 61.1 cm³/mol. The molecule has 0 spiro atoms. The Hall–Kier alpha value is -0.650. The third kappa shape index (κ3) is 3.43. The molecule has 1 aliphatic rings. The molecule has 1 aliphatic heterocycles. The van der Waals surface area contributed by atoms with Crippen LogP contribution in [-0.2, 0) is 9.53 Å². The summed E-state index contributed by atoms with van der Waals surface area (Å²) in [5.74, 6) is -0.129. The van der Waals surface area contributed by atoms with E-state index in [0.717, 1.165) is 13.1 Å². The molecule has 0 unspecified atom stereocenters. The van der Waals surface area contributed by atoms with E-state index in [1.807, 2.05) is 0 Å². The van der Waals surface area contributed by atoms with Crippen molar-refractivity contribution in [1.29, 1.82) is 0 Å². The highest BCUT2D eigenvalue weighted by molar-refractivity contribution is 5.73. The van der Waals surface area contributed by atoms with E-state index in [4.69, 9.17) is 4.74 Å². The summed E-state index contributed by atoms with van der Waals surface area (Å²) in [6.07, 6.45) is -0.804. The Kier molecular flexibility index (Phi) is 5.18. The van der Waals surface area contributed by atoms with Gasteiger partial charge in [-0.1, -0.05) is 13.8 Å². The second-order valence-corrected chi connectivity index (χ2v) is 4.16. The van der Waals surface area contributed by atoms with Crippen LogP contribution in [0.3, 0.4) is 0 Å². The number of aliphatic hydroxyl groups is 1. The summed E-state index contributed by atoms with van der Waals surface area (Å²) >= 11 is 0. The van der Waals surface area contributed by atoms with E-state index in [9.17, 15) is 9.90 Å². The molecule has 94 valence electrons. The quantitative estimate of drug-likeness (QED) is 0.674. The number of rotatable bonds is 5. The molecule has 0 aromatic carbocycles. The molecule has 0 saturated carbocycles. The van der Waals surface area contributed by atoms with E-state index in [2.05, 4.69) is 24.1 Å². The number of hydrogen-bond donors (Lipinski definition) is 2. The Labute approximate surface area is 96.8 Å². The van der Waals surface area contributed by atoms with Crippen LogP contribution < -0.4 is 5.32 Å². The number of aliphatic hydroxyl groups excluding tert-OH is 1. The number of likely N-dealkylation sites (N-methyl/N-ethyl adjacent to an activating group) is 1. The maximum absolute atomic E-state index is 10.9. The Bertz CT molecular complexity index is 231. The monoisotopic (exact) mass is 230 g/mol. The summed E-state index contributed by atoms with van der Waals surface area (Å²) < 4.78 is 5.51. The van der Waals surface area contributed by atoms with E-state index in [1.165, 1.54) is 6.92 Å². The van der Waals surface area contributed by atoms with Crippen LogP contribution in [0.2, 0.25) is 0 Å². The van der Waals surface area contributed by atoms with E-state index in [0.29, 0.717) is 13.2 Å². The Balaban J connectivity index is 2.43. The molecule has 5 heteroatoms. The van der Waals surface area contributed by atoms with Crippen molar-refractivity contribution in [3.63, 3.8) is 0 Å². The Morgan fingerprint density at radius 3 is 2.62 bits per heavy atom. The lowest BCUT2D eigenvalue weighted by Crippen LogP contribution is -2.46. The lowest BCUT2D eigenvalue weighted by molar-refractivity contribution is -0.120. The van der Waals surface area contributed by atoms with Gasteiger partial charge >= 0.3 is 0 Å². The van der Waals surface area contributed by atoms with E-state index < -0.39 is 6.10 Å². The third-order valence-corrected chi connectivity index (χ3v) is 3.00. The van der Waals surface area contributed by atoms with Crippen LogP contribution in [0.25, 0.3) is 0 Å². The van der Waals surface area contributed by atoms with Crippen LogP contribution >= 0.6 is 0 Å². The maximum atomic E-state index is 10.9. The molecule has 1 saturated heterocycles. The molecule has 1 fully saturated rings. The topological polar surface area (TPSA) is 61.8 Å². The predicted octanol–water partition coefficient (Wildman–Crippen LogP) is -0.407. The van der Waals surface area contributed by atoms with E-state index >= 15 is 0 Å². The fourth-order valence-corrected chi connectivity index (χ4v) is 1.97. The smallest absolute Gasteiger partial charge is 0.217 e. The van der Waals surface area contributed by atoms with Gasteiger partial charge in [0.15, 0.2) is 0 Å². The van der Waals surface area contributed by atoms with Gasteiger partial charge in [0.05, 0.1) is 18.8 Å². The highest BCUT2D eigenvalue weighted by Crippen LogP contribution is 2.15. The van der Waals surface area contributed by atoms with Crippen LogP contribution in [0.15, 0.2) is 0 Å². The van der Waals surface area contributed by atoms with Crippen LogP contribution in [0.4, 0.5) is 0 Å². The summed E-state index contributed by atoms with van der Waals surface area (Å²) in [6, 6.07) is -0.266. The highest BCUT2D eigenvalue weighted by atomic mass is 16.5. The van der Waals surface area contributed by atoms with Crippen LogP contribution in [0, 0.1) is 0 Å². The molecular weight excluding hydrogens is 208 g/mol. The number of carbonyl (C=O) groups excluding carboxylic acids is 1. The first-order valence-corrected chi connectivity index (χ1v) is 5.87. The molecule has 0 aromatic heterocycles. The molecule has 0 bridgehead atoms. The van der Waals surface area contributed by atoms with Gasteiger partial charge in [0.1, 0.15) is 6.10 Å². The molecule has 0 aromatic rings. The van der Waals surface area contributed by atoms with Gasteiger partial charge in [0.2, 0.25) is 5.91 Å². The van der Waals surface area contributed by atoms with Gasteiger partial charge in [0, 0.05) is 13.5 Å². The van der Waals surface area contributed by atoms with Crippen molar-refractivity contribution in [1.82, 2.24) is 10.2 Å². The Morgan fingerprint density at radius 1 is 1.50 bits per heavy atom. The fourth-order valence-electron chi connectivity index (χ4n) is 1.97. The molecule has 0 radical (unpaired) electrons. The summed E-state index contributed by atoms with van der Waals surface area (Å²) in [6.45, 7) is 8.59. The molecular formula is C11H22N2O3. The number of ether oxygens (including phenoxy) is 1. The average molecular weight is 230 g/mol. The average Bonchev–Trinajstić information content (AvgIpc) is 2.57. The normalized spacial score (nSPS) is 29.7. The van der Waals surface area contributed by atoms with Crippen molar-refractivity contribution in [2.45, 2.75) is 39.0 Å². The summed E-state index contributed by atoms with van der Waals surface area (Å²) in [7, 11) is 0. The number of amides is 1. The zero-order valence-corrected chi connectivity index (χ0v) is 10.3. The number of carbonyl (C=O) groups is 1. The van der Waals surface area contributed by atoms with Crippen molar-refractivity contribution in [2.24, 2.45) is 0 Å². The second-order valence-electron chi connectivity index (χ2n) is 4.16. The van der Waals surface area contributed by atoms with Gasteiger partial charge in [-0.2, -0.15) is 0 Å². The molecule has 2 N–H and O–H groups in total. The van der Waals surface area contributed by atoms with Crippen molar-refractivity contribution >= 4 is 5.91 Å². The minimum Gasteiger partial charge on any atom is -0.388 e. The van der Waals surface area contributed by atoms with E-state index in [1.54, 1.807) is 0 Å². The van der Waals surface area contributed by atoms with Crippen LogP contribution in [-0.4, -0.2) is 60.4 Å². The standard InChI is InChI=1S/C11H22N2O3/c1-4-13(5-2)6-10-11(15)9(7-16-10)12-8(3)14/h9-11,15H,4-7H2,1-3H3,(H,12,14)/t9-,10-,11+/m0/s1. The lowest BCUT2D eigenvalue weighted by atomic mass is 10.1. The molecule has 3 atom stereocenters. The molecule has 5 nitrogen and oxygen atoms in total. The summed E-state index contributed by atoms with van der Waals surface area (Å²) in [5.41, 5.74) is 0. The van der Waals surface area contributed by atoms with Gasteiger partial charge in [-0.3, -0.25) is 4.79 Å². The molecule has 1 heterocycles. The van der Waals surface area contributed by atoms with Gasteiger partial charge in [-0.15, -0.1) is 0 Å². The fraction of sp³-hybridized carbons (Fsp3) is 0.909. The number of nitrogens with one attached hydrogen (secondary N) is 1. The van der Waals surface area contributed by atoms with Crippen LogP contribution in [0.5, 0.6) is 0 Å². The molecule has 16 heavy (non-hydrogen) atoms. The van der Waals surface area contributed by atoms with E-state index in [-0.39, 0.29) is 18.1 Å². The van der Waals surface area contributed by atoms with Crippen molar-refractivity contribution in [2.75, 3.05) is 26.2 Å². The first-order valence-electron chi connectivity index (χ1n) is 5.87. The van der Waals surface area contributed by atoms with Crippen LogP contribution in [0.1, 0.15) is 20.8 Å². The minimum atomic E-state index is -0.607. The zero-order valence-electron chi connectivity index (χ0n) is 10.3. The third-order valence-electron chi connectivity index (χ3n) is 3.00. The van der Waals surface area contributed by atoms with Gasteiger partial charge < -0.3 is 20.1 Å². The van der Waals surface area contributed by atoms with Gasteiger partial charge in [-0.25, -0.2) is 0 Å². The van der Waals surface area contributed by atoms with Crippen molar-refractivity contribution < 1.29 is 14.6 Å². The number of nitrogens with zero attached hydrogens (tertiary/aromatic N) is 1. The highest BCUT2D eigenvalue weighted by Gasteiger charge is 2.36. The first kappa shape index (κ1) is 13.4. The maximum Gasteiger partial charge on any atom is 0.217 e.